The van der Waals surface area contributed by atoms with E-state index < -0.39 is 0 Å². The number of imidazole rings is 5. The Hall–Kier alpha value is -15.1. The molecule has 1 aliphatic rings. The second-order valence-electron chi connectivity index (χ2n) is 39.1. The number of hydrogen-bond acceptors (Lipinski definition) is 28. The van der Waals surface area contributed by atoms with Crippen molar-refractivity contribution in [2.24, 2.45) is 35.2 Å². The second-order valence-corrected chi connectivity index (χ2v) is 43.4. The Morgan fingerprint density at radius 1 is 0.329 bits per heavy atom. The van der Waals surface area contributed by atoms with Gasteiger partial charge in [-0.1, -0.05) is 107 Å². The van der Waals surface area contributed by atoms with Crippen LogP contribution in [0.4, 0.5) is 59.1 Å². The number of hydrogen-bond donors (Lipinski definition) is 5. The van der Waals surface area contributed by atoms with Crippen molar-refractivity contribution in [1.29, 1.82) is 0 Å². The van der Waals surface area contributed by atoms with Crippen molar-refractivity contribution >= 4 is 111 Å². The maximum absolute atomic E-state index is 14.7. The van der Waals surface area contributed by atoms with E-state index >= 15 is 0 Å². The molecule has 20 aromatic rings. The SMILES string of the molecule is COc1cc(-c2csc(Nc3cc(C(C)(C)C)nn3C)n2)ccc1-n1cnc(C)c1.Cc1cn(-c2ccc(-c3csc(Nc4c5c(nn4C)CCCC5)n3)cn2)cn1.Cc1cn(-c2ccc(-c3csc(Nc4cc(C(C)(C)C)nn4C)n3)cc2)cn1.Cc1cn(-c2ccc(-c3csc(Nc4cc(C(C)(C)C)nn4C)n3)cc2F)cn1.Cc1cn(-c2ccc(-c3csc(Nc4cc(C(C)(C)C)nn4C)n3)cn2)cn1. The van der Waals surface area contributed by atoms with Crippen molar-refractivity contribution in [2.45, 2.75) is 165 Å². The Balaban J connectivity index is 0.000000123. The normalized spacial score (nSPS) is 12.1. The Bertz CT molecular complexity index is 7590. The molecule has 33 nitrogen and oxygen atoms in total. The zero-order valence-electron chi connectivity index (χ0n) is 84.4. The van der Waals surface area contributed by atoms with Crippen LogP contribution in [-0.2, 0) is 69.7 Å². The van der Waals surface area contributed by atoms with E-state index in [0.717, 1.165) is 204 Å². The number of rotatable bonds is 21. The molecule has 0 amide bonds. The number of pyridine rings is 2. The number of fused-ring (bicyclic) bond motifs is 1. The first-order chi connectivity index (χ1) is 68.2. The van der Waals surface area contributed by atoms with Crippen LogP contribution >= 0.6 is 56.7 Å². The van der Waals surface area contributed by atoms with Crippen molar-refractivity contribution in [3.63, 3.8) is 0 Å². The number of methoxy groups -OCH3 is 1. The standard InChI is InChI=1S/C22H26N6OS.C21H23FN6S.C21H24N6S.C20H21N7S.C20H23N7S/c1-14-11-28(13-23-14)17-8-7-15(9-18(17)29-6)16-12-30-21(24-16)25-20-10-19(22(2,3)4)26-27(20)5;1-13-10-28(12-23-13)17-7-6-14(8-15(17)22)16-11-29-20(24-16)25-19-9-18(21(2,3)4)26-27(19)5;1-14-11-27(13-22-14)16-8-6-15(7-9-16)17-12-28-20(23-17)24-19-10-18(21(2,3)4)25-26(19)5;1-13-10-27(12-22-13)18-8-7-14(9-21-18)17-11-28-20(23-17)24-19-15-5-3-4-6-16(15)25-26(19)2;1-13-10-27(12-22-13)17-7-6-14(9-21-17)15-11-28-19(23-15)24-18-8-16(20(2,3)4)25-26(18)5/h7-13H,1-6H3,(H,24,25);6-12H,1-5H3,(H,24,25);6-13H,1-5H3,(H,23,24);7-12H,3-6H2,1-2H3,(H,23,24);6-12H,1-5H3,(H,23,24). The lowest BCUT2D eigenvalue weighted by Crippen LogP contribution is -2.12. The minimum absolute atomic E-state index is 0.00218. The molecule has 0 radical (unpaired) electrons. The first-order valence-corrected chi connectivity index (χ1v) is 51.0. The third-order valence-corrected chi connectivity index (χ3v) is 27.3. The number of aryl methyl sites for hydroxylation is 11. The highest BCUT2D eigenvalue weighted by Crippen LogP contribution is 2.40. The molecule has 0 bridgehead atoms. The highest BCUT2D eigenvalue weighted by molar-refractivity contribution is 7.15. The summed E-state index contributed by atoms with van der Waals surface area (Å²) in [6, 6.07) is 35.8. The third-order valence-electron chi connectivity index (χ3n) is 23.5. The first kappa shape index (κ1) is 99.5. The van der Waals surface area contributed by atoms with Crippen molar-refractivity contribution in [1.82, 2.24) is 132 Å². The summed E-state index contributed by atoms with van der Waals surface area (Å²) < 4.78 is 39.1. The van der Waals surface area contributed by atoms with E-state index in [9.17, 15) is 4.39 Å². The summed E-state index contributed by atoms with van der Waals surface area (Å²) in [4.78, 5) is 53.9. The molecule has 17 heterocycles. The fourth-order valence-electron chi connectivity index (χ4n) is 15.4. The molecule has 0 aliphatic heterocycles. The quantitative estimate of drug-likeness (QED) is 0.0446. The molecule has 17 aromatic heterocycles. The van der Waals surface area contributed by atoms with Gasteiger partial charge in [0.25, 0.3) is 0 Å². The molecule has 0 spiro atoms. The van der Waals surface area contributed by atoms with Gasteiger partial charge in [-0.2, -0.15) is 25.5 Å². The maximum atomic E-state index is 14.7. The maximum Gasteiger partial charge on any atom is 0.188 e. The molecule has 21 rings (SSSR count). The molecule has 0 saturated carbocycles. The van der Waals surface area contributed by atoms with Gasteiger partial charge in [0, 0.05) is 191 Å². The highest BCUT2D eigenvalue weighted by atomic mass is 32.1. The molecule has 5 N–H and O–H groups in total. The van der Waals surface area contributed by atoms with Crippen molar-refractivity contribution in [2.75, 3.05) is 33.7 Å². The number of halogens is 1. The van der Waals surface area contributed by atoms with E-state index in [1.54, 1.807) is 94.6 Å². The molecule has 0 unspecified atom stereocenters. The minimum Gasteiger partial charge on any atom is -0.495 e. The molecule has 39 heteroatoms. The average Bonchev–Trinajstić information content (AvgIpc) is 1.67. The largest absolute Gasteiger partial charge is 0.495 e. The van der Waals surface area contributed by atoms with E-state index in [4.69, 9.17) is 24.7 Å². The monoisotopic (exact) mass is 2010 g/mol. The Morgan fingerprint density at radius 2 is 0.650 bits per heavy atom. The third kappa shape index (κ3) is 23.9. The Labute approximate surface area is 850 Å². The van der Waals surface area contributed by atoms with Gasteiger partial charge in [-0.05, 0) is 121 Å². The molecule has 0 atom stereocenters. The lowest BCUT2D eigenvalue weighted by molar-refractivity contribution is 0.413. The van der Waals surface area contributed by atoms with Crippen molar-refractivity contribution in [3.8, 4) is 90.7 Å². The van der Waals surface area contributed by atoms with Crippen LogP contribution < -0.4 is 31.3 Å². The minimum atomic E-state index is -0.316. The molecule has 143 heavy (non-hydrogen) atoms. The molecule has 1 aliphatic carbocycles. The van der Waals surface area contributed by atoms with E-state index in [1.807, 2.05) is 226 Å². The van der Waals surface area contributed by atoms with Gasteiger partial charge in [-0.25, -0.2) is 64.2 Å². The summed E-state index contributed by atoms with van der Waals surface area (Å²) in [5.41, 5.74) is 23.1. The summed E-state index contributed by atoms with van der Waals surface area (Å²) in [6.45, 7) is 35.6. The number of aromatic nitrogens is 27. The van der Waals surface area contributed by atoms with Gasteiger partial charge in [0.2, 0.25) is 0 Å². The van der Waals surface area contributed by atoms with Crippen LogP contribution in [0.5, 0.6) is 5.75 Å². The van der Waals surface area contributed by atoms with E-state index in [1.165, 1.54) is 41.5 Å². The number of benzene rings is 3. The van der Waals surface area contributed by atoms with Crippen molar-refractivity contribution < 1.29 is 9.13 Å². The van der Waals surface area contributed by atoms with Crippen LogP contribution in [0.1, 0.15) is 158 Å². The summed E-state index contributed by atoms with van der Waals surface area (Å²) >= 11 is 7.79. The average molecular weight is 2010 g/mol. The van der Waals surface area contributed by atoms with Crippen LogP contribution in [0, 0.1) is 40.4 Å². The smallest absolute Gasteiger partial charge is 0.188 e. The van der Waals surface area contributed by atoms with Gasteiger partial charge < -0.3 is 45.0 Å². The van der Waals surface area contributed by atoms with Crippen LogP contribution in [-0.4, -0.2) is 139 Å². The molecule has 736 valence electrons. The highest BCUT2D eigenvalue weighted by Gasteiger charge is 2.27. The van der Waals surface area contributed by atoms with Gasteiger partial charge >= 0.3 is 0 Å². The molecule has 0 fully saturated rings. The second kappa shape index (κ2) is 41.6. The topological polar surface area (TPSA) is 338 Å². The first-order valence-electron chi connectivity index (χ1n) is 46.6. The van der Waals surface area contributed by atoms with E-state index in [2.05, 4.69) is 228 Å². The lowest BCUT2D eigenvalue weighted by Gasteiger charge is -2.13. The number of anilines is 10. The molecular formula is C104H117FN32OS5. The zero-order valence-corrected chi connectivity index (χ0v) is 88.5. The van der Waals surface area contributed by atoms with Crippen LogP contribution in [0.15, 0.2) is 211 Å². The molecule has 3 aromatic carbocycles. The van der Waals surface area contributed by atoms with Gasteiger partial charge in [0.1, 0.15) is 64.9 Å². The number of ether oxygens (including phenoxy) is 1. The van der Waals surface area contributed by atoms with Gasteiger partial charge in [-0.15, -0.1) is 56.7 Å². The fourth-order valence-corrected chi connectivity index (χ4v) is 19.0. The van der Waals surface area contributed by atoms with Gasteiger partial charge in [0.05, 0.1) is 123 Å². The van der Waals surface area contributed by atoms with E-state index in [-0.39, 0.29) is 27.5 Å². The predicted molar refractivity (Wildman–Crippen MR) is 573 cm³/mol. The number of thiazole rings is 5. The number of nitrogens with zero attached hydrogens (tertiary/aromatic N) is 27. The van der Waals surface area contributed by atoms with Crippen LogP contribution in [0.3, 0.4) is 0 Å². The Kier molecular flexibility index (Phi) is 29.0. The molecule has 0 saturated heterocycles. The predicted octanol–water partition coefficient (Wildman–Crippen LogP) is 23.9. The fraction of sp³-hybridized carbons (Fsp3) is 0.298. The summed E-state index contributed by atoms with van der Waals surface area (Å²) in [5, 5.41) is 54.2. The van der Waals surface area contributed by atoms with Gasteiger partial charge in [0.15, 0.2) is 25.7 Å². The van der Waals surface area contributed by atoms with Crippen LogP contribution in [0.2, 0.25) is 0 Å². The Morgan fingerprint density at radius 3 is 0.993 bits per heavy atom. The van der Waals surface area contributed by atoms with E-state index in [0.29, 0.717) is 5.69 Å². The number of nitrogens with one attached hydrogen (secondary N) is 5. The zero-order chi connectivity index (χ0) is 101. The lowest BCUT2D eigenvalue weighted by atomic mass is 9.92. The molecular weight excluding hydrogens is 1890 g/mol. The van der Waals surface area contributed by atoms with Crippen LogP contribution in [0.25, 0.3) is 85.0 Å². The van der Waals surface area contributed by atoms with Gasteiger partial charge in [-0.3, -0.25) is 32.5 Å². The summed E-state index contributed by atoms with van der Waals surface area (Å²) in [5.74, 6) is 6.86. The summed E-state index contributed by atoms with van der Waals surface area (Å²) in [7, 11) is 11.4. The summed E-state index contributed by atoms with van der Waals surface area (Å²) in [6.07, 6.45) is 26.8. The van der Waals surface area contributed by atoms with Crippen molar-refractivity contribution in [3.05, 3.63) is 279 Å².